The van der Waals surface area contributed by atoms with Crippen LogP contribution in [0, 0.1) is 18.3 Å². The van der Waals surface area contributed by atoms with Crippen molar-refractivity contribution < 1.29 is 19.4 Å². The summed E-state index contributed by atoms with van der Waals surface area (Å²) in [5, 5.41) is 9.26. The molecule has 0 aliphatic carbocycles. The largest absolute Gasteiger partial charge is 0.481 e. The fraction of sp³-hybridized carbons (Fsp3) is 0.733. The van der Waals surface area contributed by atoms with Crippen molar-refractivity contribution in [1.29, 1.82) is 0 Å². The van der Waals surface area contributed by atoms with Gasteiger partial charge in [0.25, 0.3) is 0 Å². The van der Waals surface area contributed by atoms with Crippen LogP contribution in [0.2, 0.25) is 0 Å². The summed E-state index contributed by atoms with van der Waals surface area (Å²) in [5.41, 5.74) is 0. The van der Waals surface area contributed by atoms with E-state index in [-0.39, 0.29) is 25.8 Å². The van der Waals surface area contributed by atoms with Crippen molar-refractivity contribution in [1.82, 2.24) is 9.80 Å². The predicted octanol–water partition coefficient (Wildman–Crippen LogP) is 1.26. The van der Waals surface area contributed by atoms with Gasteiger partial charge in [0.05, 0.1) is 25.8 Å². The van der Waals surface area contributed by atoms with Crippen LogP contribution < -0.4 is 0 Å². The van der Waals surface area contributed by atoms with Crippen LogP contribution >= 0.6 is 0 Å². The normalized spacial score (nSPS) is 20.8. The zero-order valence-electron chi connectivity index (χ0n) is 12.7. The van der Waals surface area contributed by atoms with Crippen LogP contribution in [-0.2, 0) is 9.53 Å². The molecule has 1 N–H and O–H groups in total. The molecule has 1 saturated heterocycles. The van der Waals surface area contributed by atoms with Crippen LogP contribution in [0.15, 0.2) is 0 Å². The topological polar surface area (TPSA) is 70.1 Å². The second-order valence-corrected chi connectivity index (χ2v) is 5.15. The molecule has 0 aromatic heterocycles. The van der Waals surface area contributed by atoms with E-state index in [4.69, 9.17) is 11.2 Å². The Labute approximate surface area is 126 Å². The van der Waals surface area contributed by atoms with Gasteiger partial charge in [-0.2, -0.15) is 0 Å². The highest BCUT2D eigenvalue weighted by Gasteiger charge is 2.40. The van der Waals surface area contributed by atoms with Gasteiger partial charge in [-0.15, -0.1) is 6.42 Å². The van der Waals surface area contributed by atoms with Crippen LogP contribution in [0.1, 0.15) is 26.7 Å². The Bertz CT molecular complexity index is 405. The Kier molecular flexibility index (Phi) is 7.03. The molecule has 0 bridgehead atoms. The molecule has 1 aliphatic heterocycles. The lowest BCUT2D eigenvalue weighted by Gasteiger charge is -2.34. The van der Waals surface area contributed by atoms with Crippen LogP contribution in [0.4, 0.5) is 4.79 Å². The van der Waals surface area contributed by atoms with Gasteiger partial charge < -0.3 is 19.6 Å². The van der Waals surface area contributed by atoms with Gasteiger partial charge in [0.15, 0.2) is 0 Å². The molecule has 2 atom stereocenters. The van der Waals surface area contributed by atoms with Crippen LogP contribution in [0.5, 0.6) is 0 Å². The van der Waals surface area contributed by atoms with E-state index >= 15 is 0 Å². The summed E-state index contributed by atoms with van der Waals surface area (Å²) in [6.45, 7) is 5.64. The Morgan fingerprint density at radius 3 is 2.48 bits per heavy atom. The van der Waals surface area contributed by atoms with E-state index in [1.807, 2.05) is 13.8 Å². The van der Waals surface area contributed by atoms with Gasteiger partial charge in [-0.25, -0.2) is 4.79 Å². The highest BCUT2D eigenvalue weighted by atomic mass is 16.5. The maximum Gasteiger partial charge on any atom is 0.321 e. The molecule has 1 rings (SSSR count). The number of hydrogen-bond acceptors (Lipinski definition) is 3. The van der Waals surface area contributed by atoms with Gasteiger partial charge in [0.2, 0.25) is 0 Å². The molecule has 1 aliphatic rings. The maximum atomic E-state index is 12.7. The third kappa shape index (κ3) is 4.36. The van der Waals surface area contributed by atoms with Gasteiger partial charge in [-0.05, 0) is 12.8 Å². The molecule has 0 saturated carbocycles. The lowest BCUT2D eigenvalue weighted by Crippen LogP contribution is -2.52. The van der Waals surface area contributed by atoms with E-state index in [0.717, 1.165) is 12.8 Å². The number of carboxylic acid groups (broad SMARTS) is 1. The number of rotatable bonds is 7. The summed E-state index contributed by atoms with van der Waals surface area (Å²) < 4.78 is 5.27. The maximum absolute atomic E-state index is 12.7. The van der Waals surface area contributed by atoms with E-state index < -0.39 is 17.9 Å². The predicted molar refractivity (Wildman–Crippen MR) is 78.8 cm³/mol. The second kappa shape index (κ2) is 8.53. The Morgan fingerprint density at radius 2 is 1.95 bits per heavy atom. The Morgan fingerprint density at radius 1 is 1.29 bits per heavy atom. The van der Waals surface area contributed by atoms with E-state index in [0.29, 0.717) is 13.1 Å². The molecule has 118 valence electrons. The molecule has 1 fully saturated rings. The van der Waals surface area contributed by atoms with Crippen molar-refractivity contribution in [3.8, 4) is 12.3 Å². The quantitative estimate of drug-likeness (QED) is 0.718. The smallest absolute Gasteiger partial charge is 0.321 e. The molecule has 6 nitrogen and oxygen atoms in total. The highest BCUT2D eigenvalue weighted by molar-refractivity contribution is 5.77. The SMILES string of the molecule is C#CCN(CCC)C(=O)N(CCC)C1COCC1C(=O)O. The third-order valence-corrected chi connectivity index (χ3v) is 3.52. The standard InChI is InChI=1S/C15H24N2O4/c1-4-7-16(8-5-2)15(20)17(9-6-3)13-11-21-10-12(13)14(18)19/h1,12-13H,5-11H2,2-3H3,(H,18,19). The number of carbonyl (C=O) groups excluding carboxylic acids is 1. The summed E-state index contributed by atoms with van der Waals surface area (Å²) in [7, 11) is 0. The highest BCUT2D eigenvalue weighted by Crippen LogP contribution is 2.22. The molecule has 0 spiro atoms. The van der Waals surface area contributed by atoms with Gasteiger partial charge in [0, 0.05) is 13.1 Å². The molecule has 21 heavy (non-hydrogen) atoms. The van der Waals surface area contributed by atoms with E-state index in [1.54, 1.807) is 9.80 Å². The zero-order valence-corrected chi connectivity index (χ0v) is 12.7. The van der Waals surface area contributed by atoms with Crippen molar-refractivity contribution >= 4 is 12.0 Å². The molecule has 0 aromatic carbocycles. The number of carbonyl (C=O) groups is 2. The van der Waals surface area contributed by atoms with Crippen molar-refractivity contribution in [2.24, 2.45) is 5.92 Å². The number of amides is 2. The number of ether oxygens (including phenoxy) is 1. The summed E-state index contributed by atoms with van der Waals surface area (Å²) in [6, 6.07) is -0.620. The molecule has 0 aromatic rings. The van der Waals surface area contributed by atoms with Crippen LogP contribution in [0.25, 0.3) is 0 Å². The fourth-order valence-corrected chi connectivity index (χ4v) is 2.53. The second-order valence-electron chi connectivity index (χ2n) is 5.15. The molecular formula is C15H24N2O4. The molecule has 1 heterocycles. The lowest BCUT2D eigenvalue weighted by atomic mass is 10.0. The number of nitrogens with zero attached hydrogens (tertiary/aromatic N) is 2. The minimum atomic E-state index is -0.926. The zero-order chi connectivity index (χ0) is 15.8. The third-order valence-electron chi connectivity index (χ3n) is 3.52. The van der Waals surface area contributed by atoms with Crippen LogP contribution in [0.3, 0.4) is 0 Å². The Hall–Kier alpha value is -1.74. The fourth-order valence-electron chi connectivity index (χ4n) is 2.53. The van der Waals surface area contributed by atoms with E-state index in [2.05, 4.69) is 5.92 Å². The van der Waals surface area contributed by atoms with E-state index in [1.165, 1.54) is 0 Å². The van der Waals surface area contributed by atoms with Crippen molar-refractivity contribution in [3.05, 3.63) is 0 Å². The first kappa shape index (κ1) is 17.3. The molecular weight excluding hydrogens is 272 g/mol. The number of hydrogen-bond donors (Lipinski definition) is 1. The average molecular weight is 296 g/mol. The number of aliphatic carboxylic acids is 1. The minimum Gasteiger partial charge on any atom is -0.481 e. The van der Waals surface area contributed by atoms with Crippen molar-refractivity contribution in [2.75, 3.05) is 32.8 Å². The van der Waals surface area contributed by atoms with E-state index in [9.17, 15) is 14.7 Å². The van der Waals surface area contributed by atoms with Crippen molar-refractivity contribution in [3.63, 3.8) is 0 Å². The molecule has 6 heteroatoms. The first-order chi connectivity index (χ1) is 10.1. The molecule has 2 amide bonds. The van der Waals surface area contributed by atoms with Gasteiger partial charge in [-0.3, -0.25) is 4.79 Å². The number of urea groups is 1. The summed E-state index contributed by atoms with van der Waals surface area (Å²) >= 11 is 0. The summed E-state index contributed by atoms with van der Waals surface area (Å²) in [4.78, 5) is 27.2. The average Bonchev–Trinajstić information content (AvgIpc) is 2.93. The lowest BCUT2D eigenvalue weighted by molar-refractivity contribution is -0.142. The van der Waals surface area contributed by atoms with Gasteiger partial charge >= 0.3 is 12.0 Å². The summed E-state index contributed by atoms with van der Waals surface area (Å²) in [5.74, 6) is 0.889. The summed E-state index contributed by atoms with van der Waals surface area (Å²) in [6.07, 6.45) is 6.88. The Balaban J connectivity index is 2.91. The van der Waals surface area contributed by atoms with Crippen molar-refractivity contribution in [2.45, 2.75) is 32.7 Å². The molecule has 0 radical (unpaired) electrons. The monoisotopic (exact) mass is 296 g/mol. The minimum absolute atomic E-state index is 0.149. The number of terminal acetylenes is 1. The first-order valence-electron chi connectivity index (χ1n) is 7.36. The van der Waals surface area contributed by atoms with Gasteiger partial charge in [-0.1, -0.05) is 19.8 Å². The molecule has 2 unspecified atom stereocenters. The van der Waals surface area contributed by atoms with Crippen LogP contribution in [-0.4, -0.2) is 65.8 Å². The first-order valence-corrected chi connectivity index (χ1v) is 7.36. The van der Waals surface area contributed by atoms with Gasteiger partial charge in [0.1, 0.15) is 5.92 Å². The number of carboxylic acids is 1.